The third-order valence-electron chi connectivity index (χ3n) is 3.03. The van der Waals surface area contributed by atoms with E-state index in [1.54, 1.807) is 0 Å². The van der Waals surface area contributed by atoms with Crippen molar-refractivity contribution in [2.75, 3.05) is 0 Å². The van der Waals surface area contributed by atoms with Crippen LogP contribution in [0.2, 0.25) is 0 Å². The quantitative estimate of drug-likeness (QED) is 0.718. The Bertz CT molecular complexity index is 195. The lowest BCUT2D eigenvalue weighted by Crippen LogP contribution is -2.50. The summed E-state index contributed by atoms with van der Waals surface area (Å²) in [7, 11) is 0. The van der Waals surface area contributed by atoms with Crippen molar-refractivity contribution in [3.63, 3.8) is 0 Å². The second-order valence-electron chi connectivity index (χ2n) is 4.82. The summed E-state index contributed by atoms with van der Waals surface area (Å²) in [5, 5.41) is 6.00. The van der Waals surface area contributed by atoms with E-state index in [-0.39, 0.29) is 11.6 Å². The summed E-state index contributed by atoms with van der Waals surface area (Å²) in [6.45, 7) is 6.16. The molecule has 0 radical (unpaired) electrons. The molecule has 1 saturated carbocycles. The maximum Gasteiger partial charge on any atom is 0.315 e. The second-order valence-corrected chi connectivity index (χ2v) is 4.82. The first-order valence-electron chi connectivity index (χ1n) is 5.62. The molecule has 14 heavy (non-hydrogen) atoms. The molecule has 0 aromatic carbocycles. The van der Waals surface area contributed by atoms with Gasteiger partial charge in [0.15, 0.2) is 0 Å². The molecule has 82 valence electrons. The van der Waals surface area contributed by atoms with Gasteiger partial charge in [-0.3, -0.25) is 0 Å². The average molecular weight is 198 g/mol. The smallest absolute Gasteiger partial charge is 0.315 e. The van der Waals surface area contributed by atoms with Gasteiger partial charge in [0.25, 0.3) is 0 Å². The summed E-state index contributed by atoms with van der Waals surface area (Å²) in [4.78, 5) is 11.6. The number of hydrogen-bond donors (Lipinski definition) is 2. The van der Waals surface area contributed by atoms with Crippen molar-refractivity contribution in [2.45, 2.75) is 64.5 Å². The molecule has 3 nitrogen and oxygen atoms in total. The summed E-state index contributed by atoms with van der Waals surface area (Å²) in [6.07, 6.45) is 5.73. The van der Waals surface area contributed by atoms with Crippen LogP contribution in [0.15, 0.2) is 0 Å². The van der Waals surface area contributed by atoms with Gasteiger partial charge in [0.05, 0.1) is 0 Å². The lowest BCUT2D eigenvalue weighted by atomic mass is 10.0. The minimum Gasteiger partial charge on any atom is -0.335 e. The Morgan fingerprint density at radius 3 is 2.43 bits per heavy atom. The monoisotopic (exact) mass is 198 g/mol. The summed E-state index contributed by atoms with van der Waals surface area (Å²) >= 11 is 0. The van der Waals surface area contributed by atoms with E-state index in [1.165, 1.54) is 12.8 Å². The van der Waals surface area contributed by atoms with E-state index in [4.69, 9.17) is 0 Å². The van der Waals surface area contributed by atoms with Crippen LogP contribution in [0, 0.1) is 0 Å². The summed E-state index contributed by atoms with van der Waals surface area (Å²) < 4.78 is 0. The summed E-state index contributed by atoms with van der Waals surface area (Å²) in [6, 6.07) is 0.395. The molecule has 1 rings (SSSR count). The van der Waals surface area contributed by atoms with Gasteiger partial charge in [-0.1, -0.05) is 19.8 Å². The van der Waals surface area contributed by atoms with Gasteiger partial charge >= 0.3 is 6.03 Å². The van der Waals surface area contributed by atoms with Crippen LogP contribution in [0.3, 0.4) is 0 Å². The van der Waals surface area contributed by atoms with Gasteiger partial charge in [0.1, 0.15) is 0 Å². The lowest BCUT2D eigenvalue weighted by molar-refractivity contribution is 0.225. The predicted molar refractivity (Wildman–Crippen MR) is 58.3 cm³/mol. The highest BCUT2D eigenvalue weighted by Gasteiger charge is 2.21. The summed E-state index contributed by atoms with van der Waals surface area (Å²) in [5.74, 6) is 0. The van der Waals surface area contributed by atoms with Crippen molar-refractivity contribution >= 4 is 6.03 Å². The SMILES string of the molecule is CCC(C)(C)NC(=O)NC1CCCC1. The molecule has 1 fully saturated rings. The first-order chi connectivity index (χ1) is 6.53. The molecular weight excluding hydrogens is 176 g/mol. The van der Waals surface area contributed by atoms with Crippen LogP contribution < -0.4 is 10.6 Å². The number of amides is 2. The standard InChI is InChI=1S/C11H22N2O/c1-4-11(2,3)13-10(14)12-9-7-5-6-8-9/h9H,4-8H2,1-3H3,(H2,12,13,14). The molecule has 0 atom stereocenters. The minimum absolute atomic E-state index is 0.0104. The van der Waals surface area contributed by atoms with Crippen LogP contribution in [0.1, 0.15) is 52.9 Å². The Labute approximate surface area is 86.6 Å². The van der Waals surface area contributed by atoms with Crippen LogP contribution in [-0.4, -0.2) is 17.6 Å². The van der Waals surface area contributed by atoms with Crippen molar-refractivity contribution in [1.82, 2.24) is 10.6 Å². The highest BCUT2D eigenvalue weighted by atomic mass is 16.2. The maximum absolute atomic E-state index is 11.6. The fraction of sp³-hybridized carbons (Fsp3) is 0.909. The van der Waals surface area contributed by atoms with E-state index in [9.17, 15) is 4.79 Å². The fourth-order valence-electron chi connectivity index (χ4n) is 1.69. The number of carbonyl (C=O) groups is 1. The van der Waals surface area contributed by atoms with E-state index in [2.05, 4.69) is 17.6 Å². The highest BCUT2D eigenvalue weighted by molar-refractivity contribution is 5.75. The molecule has 0 spiro atoms. The Morgan fingerprint density at radius 2 is 1.93 bits per heavy atom. The first-order valence-corrected chi connectivity index (χ1v) is 5.62. The Hall–Kier alpha value is -0.730. The molecule has 0 heterocycles. The zero-order valence-electron chi connectivity index (χ0n) is 9.52. The first kappa shape index (κ1) is 11.3. The number of hydrogen-bond acceptors (Lipinski definition) is 1. The molecule has 1 aliphatic rings. The van der Waals surface area contributed by atoms with Crippen LogP contribution in [0.5, 0.6) is 0 Å². The number of urea groups is 1. The van der Waals surface area contributed by atoms with E-state index in [1.807, 2.05) is 13.8 Å². The van der Waals surface area contributed by atoms with Gasteiger partial charge in [0.2, 0.25) is 0 Å². The normalized spacial score (nSPS) is 18.2. The molecule has 0 aromatic rings. The van der Waals surface area contributed by atoms with E-state index in [0.29, 0.717) is 6.04 Å². The van der Waals surface area contributed by atoms with Gasteiger partial charge in [0, 0.05) is 11.6 Å². The number of nitrogens with one attached hydrogen (secondary N) is 2. The number of rotatable bonds is 3. The van der Waals surface area contributed by atoms with Gasteiger partial charge < -0.3 is 10.6 Å². The lowest BCUT2D eigenvalue weighted by Gasteiger charge is -2.25. The molecule has 2 amide bonds. The van der Waals surface area contributed by atoms with Crippen LogP contribution >= 0.6 is 0 Å². The molecule has 0 bridgehead atoms. The van der Waals surface area contributed by atoms with Gasteiger partial charge in [-0.15, -0.1) is 0 Å². The molecular formula is C11H22N2O. The third-order valence-corrected chi connectivity index (χ3v) is 3.03. The van der Waals surface area contributed by atoms with E-state index < -0.39 is 0 Å². The topological polar surface area (TPSA) is 41.1 Å². The molecule has 2 N–H and O–H groups in total. The second kappa shape index (κ2) is 4.67. The van der Waals surface area contributed by atoms with Crippen molar-refractivity contribution in [3.05, 3.63) is 0 Å². The van der Waals surface area contributed by atoms with Crippen molar-refractivity contribution in [1.29, 1.82) is 0 Å². The third kappa shape index (κ3) is 3.56. The Morgan fingerprint density at radius 1 is 1.36 bits per heavy atom. The van der Waals surface area contributed by atoms with Crippen molar-refractivity contribution in [2.24, 2.45) is 0 Å². The number of carbonyl (C=O) groups excluding carboxylic acids is 1. The molecule has 1 aliphatic carbocycles. The fourth-order valence-corrected chi connectivity index (χ4v) is 1.69. The van der Waals surface area contributed by atoms with Crippen LogP contribution in [-0.2, 0) is 0 Å². The van der Waals surface area contributed by atoms with Crippen LogP contribution in [0.25, 0.3) is 0 Å². The minimum atomic E-state index is -0.0946. The Kier molecular flexibility index (Phi) is 3.78. The zero-order valence-corrected chi connectivity index (χ0v) is 9.52. The zero-order chi connectivity index (χ0) is 10.6. The maximum atomic E-state index is 11.6. The molecule has 0 saturated heterocycles. The van der Waals surface area contributed by atoms with Crippen LogP contribution in [0.4, 0.5) is 4.79 Å². The van der Waals surface area contributed by atoms with Crippen molar-refractivity contribution in [3.8, 4) is 0 Å². The molecule has 0 aromatic heterocycles. The van der Waals surface area contributed by atoms with Gasteiger partial charge in [-0.2, -0.15) is 0 Å². The largest absolute Gasteiger partial charge is 0.335 e. The molecule has 0 aliphatic heterocycles. The van der Waals surface area contributed by atoms with Gasteiger partial charge in [-0.05, 0) is 33.1 Å². The average Bonchev–Trinajstić information content (AvgIpc) is 2.55. The molecule has 0 unspecified atom stereocenters. The molecule has 3 heteroatoms. The van der Waals surface area contributed by atoms with Gasteiger partial charge in [-0.25, -0.2) is 4.79 Å². The van der Waals surface area contributed by atoms with E-state index >= 15 is 0 Å². The predicted octanol–water partition coefficient (Wildman–Crippen LogP) is 2.42. The summed E-state index contributed by atoms with van der Waals surface area (Å²) in [5.41, 5.74) is -0.0946. The van der Waals surface area contributed by atoms with E-state index in [0.717, 1.165) is 19.3 Å². The Balaban J connectivity index is 2.27. The highest BCUT2D eigenvalue weighted by Crippen LogP contribution is 2.17. The van der Waals surface area contributed by atoms with Crippen molar-refractivity contribution < 1.29 is 4.79 Å².